The summed E-state index contributed by atoms with van der Waals surface area (Å²) in [6.45, 7) is 4.07. The van der Waals surface area contributed by atoms with E-state index in [1.807, 2.05) is 44.2 Å². The summed E-state index contributed by atoms with van der Waals surface area (Å²) in [5, 5.41) is 16.3. The van der Waals surface area contributed by atoms with Crippen LogP contribution < -0.4 is 21.5 Å². The first-order valence-corrected chi connectivity index (χ1v) is 11.2. The van der Waals surface area contributed by atoms with Gasteiger partial charge >= 0.3 is 0 Å². The number of aromatic hydroxyl groups is 1. The van der Waals surface area contributed by atoms with Crippen molar-refractivity contribution in [1.82, 2.24) is 9.80 Å². The Morgan fingerprint density at radius 3 is 2.14 bits per heavy atom. The maximum atomic E-state index is 13.2. The van der Waals surface area contributed by atoms with Gasteiger partial charge in [-0.05, 0) is 23.6 Å². The second-order valence-electron chi connectivity index (χ2n) is 8.98. The molecule has 0 aromatic heterocycles. The van der Waals surface area contributed by atoms with E-state index >= 15 is 0 Å². The van der Waals surface area contributed by atoms with Crippen molar-refractivity contribution in [2.45, 2.75) is 26.4 Å². The van der Waals surface area contributed by atoms with Crippen LogP contribution in [-0.4, -0.2) is 53.9 Å². The minimum absolute atomic E-state index is 0.0288. The molecule has 184 valence electrons. The Labute approximate surface area is 203 Å². The molecule has 0 saturated heterocycles. The number of amides is 2. The molecule has 0 bridgehead atoms. The zero-order chi connectivity index (χ0) is 25.9. The topological polar surface area (TPSA) is 119 Å². The average Bonchev–Trinajstić information content (AvgIpc) is 2.83. The molecule has 0 fully saturated rings. The maximum Gasteiger partial charge on any atom is 0.257 e. The van der Waals surface area contributed by atoms with Gasteiger partial charge < -0.3 is 25.5 Å². The number of phenolic OH excluding ortho intramolecular Hbond substituents is 1. The molecular formula is C26H30N4O5. The lowest BCUT2D eigenvalue weighted by Gasteiger charge is -2.29. The average molecular weight is 479 g/mol. The van der Waals surface area contributed by atoms with Crippen molar-refractivity contribution in [2.75, 3.05) is 31.8 Å². The van der Waals surface area contributed by atoms with Crippen LogP contribution in [0, 0.1) is 5.92 Å². The number of rotatable bonds is 9. The standard InChI is InChI=1S/C26H30N4O5/c1-15(2)19(26(35)30(5)14-16-10-7-6-8-11-16)28-21-20(23(32)24(21)33)27-18-13-9-12-17(22(18)31)25(34)29(3)4/h6-13,15,19,27-28,31H,14H2,1-5H3/t19-/m1/s1. The van der Waals surface area contributed by atoms with Crippen LogP contribution in [0.15, 0.2) is 58.1 Å². The summed E-state index contributed by atoms with van der Waals surface area (Å²) in [5.41, 5.74) is -0.513. The Morgan fingerprint density at radius 2 is 1.54 bits per heavy atom. The van der Waals surface area contributed by atoms with Crippen LogP contribution in [-0.2, 0) is 11.3 Å². The fourth-order valence-corrected chi connectivity index (χ4v) is 3.68. The number of carbonyl (C=O) groups is 2. The van der Waals surface area contributed by atoms with Gasteiger partial charge in [0.05, 0.1) is 11.3 Å². The Morgan fingerprint density at radius 1 is 0.914 bits per heavy atom. The molecule has 0 spiro atoms. The zero-order valence-corrected chi connectivity index (χ0v) is 20.5. The molecule has 3 aromatic rings. The fraction of sp³-hybridized carbons (Fsp3) is 0.308. The van der Waals surface area contributed by atoms with Crippen molar-refractivity contribution in [3.05, 3.63) is 80.1 Å². The third-order valence-electron chi connectivity index (χ3n) is 5.71. The molecule has 0 saturated carbocycles. The van der Waals surface area contributed by atoms with E-state index in [4.69, 9.17) is 0 Å². The van der Waals surface area contributed by atoms with Gasteiger partial charge in [-0.2, -0.15) is 0 Å². The van der Waals surface area contributed by atoms with Gasteiger partial charge in [-0.25, -0.2) is 0 Å². The van der Waals surface area contributed by atoms with Gasteiger partial charge in [-0.3, -0.25) is 19.2 Å². The summed E-state index contributed by atoms with van der Waals surface area (Å²) in [6, 6.07) is 13.3. The smallest absolute Gasteiger partial charge is 0.257 e. The number of anilines is 3. The van der Waals surface area contributed by atoms with Gasteiger partial charge in [0.1, 0.15) is 17.4 Å². The van der Waals surface area contributed by atoms with Crippen LogP contribution in [0.25, 0.3) is 0 Å². The first kappa shape index (κ1) is 25.5. The van der Waals surface area contributed by atoms with Crippen LogP contribution in [0.2, 0.25) is 0 Å². The number of nitrogens with one attached hydrogen (secondary N) is 2. The van der Waals surface area contributed by atoms with Gasteiger partial charge in [0.15, 0.2) is 5.75 Å². The molecule has 0 aliphatic rings. The van der Waals surface area contributed by atoms with E-state index in [0.29, 0.717) is 6.54 Å². The lowest BCUT2D eigenvalue weighted by molar-refractivity contribution is -0.132. The van der Waals surface area contributed by atoms with E-state index in [1.165, 1.54) is 17.0 Å². The van der Waals surface area contributed by atoms with E-state index in [0.717, 1.165) is 5.56 Å². The summed E-state index contributed by atoms with van der Waals surface area (Å²) in [6.07, 6.45) is 0. The Hall–Kier alpha value is -4.14. The van der Waals surface area contributed by atoms with Gasteiger partial charge in [0.2, 0.25) is 5.91 Å². The second kappa shape index (κ2) is 10.4. The normalized spacial score (nSPS) is 11.8. The van der Waals surface area contributed by atoms with Crippen LogP contribution >= 0.6 is 0 Å². The van der Waals surface area contributed by atoms with Crippen molar-refractivity contribution in [1.29, 1.82) is 0 Å². The number of likely N-dealkylation sites (N-methyl/N-ethyl adjacent to an activating group) is 1. The number of nitrogens with zero attached hydrogens (tertiary/aromatic N) is 2. The molecule has 9 heteroatoms. The maximum absolute atomic E-state index is 13.2. The highest BCUT2D eigenvalue weighted by atomic mass is 16.3. The van der Waals surface area contributed by atoms with Gasteiger partial charge in [0, 0.05) is 27.7 Å². The lowest BCUT2D eigenvalue weighted by atomic mass is 10.0. The number of carbonyl (C=O) groups excluding carboxylic acids is 2. The number of hydrogen-bond acceptors (Lipinski definition) is 7. The molecule has 3 N–H and O–H groups in total. The van der Waals surface area contributed by atoms with Crippen LogP contribution in [0.4, 0.5) is 17.1 Å². The van der Waals surface area contributed by atoms with Crippen LogP contribution in [0.1, 0.15) is 29.8 Å². The summed E-state index contributed by atoms with van der Waals surface area (Å²) in [4.78, 5) is 53.1. The predicted octanol–water partition coefficient (Wildman–Crippen LogP) is 2.53. The van der Waals surface area contributed by atoms with E-state index in [2.05, 4.69) is 10.6 Å². The van der Waals surface area contributed by atoms with Gasteiger partial charge in [0.25, 0.3) is 16.8 Å². The first-order valence-electron chi connectivity index (χ1n) is 11.2. The Kier molecular flexibility index (Phi) is 7.58. The van der Waals surface area contributed by atoms with Crippen molar-refractivity contribution in [2.24, 2.45) is 5.92 Å². The van der Waals surface area contributed by atoms with Gasteiger partial charge in [-0.15, -0.1) is 0 Å². The minimum Gasteiger partial charge on any atom is -0.505 e. The summed E-state index contributed by atoms with van der Waals surface area (Å²) >= 11 is 0. The highest BCUT2D eigenvalue weighted by Crippen LogP contribution is 2.32. The summed E-state index contributed by atoms with van der Waals surface area (Å²) < 4.78 is 0. The molecule has 3 rings (SSSR count). The number of benzene rings is 2. The number of para-hydroxylation sites is 1. The molecule has 0 aliphatic carbocycles. The van der Waals surface area contributed by atoms with Crippen molar-refractivity contribution >= 4 is 28.9 Å². The van der Waals surface area contributed by atoms with Crippen molar-refractivity contribution < 1.29 is 14.7 Å². The fourth-order valence-electron chi connectivity index (χ4n) is 3.68. The molecule has 0 unspecified atom stereocenters. The molecule has 1 atom stereocenters. The largest absolute Gasteiger partial charge is 0.505 e. The Bertz CT molecular complexity index is 1290. The van der Waals surface area contributed by atoms with Gasteiger partial charge in [-0.1, -0.05) is 50.2 Å². The molecule has 3 aromatic carbocycles. The second-order valence-corrected chi connectivity index (χ2v) is 8.98. The SMILES string of the molecule is CC(C)[C@@H](Nc1c(Nc2cccc(C(=O)N(C)C)c2O)c(=O)c1=O)C(=O)N(C)Cc1ccccc1. The number of hydrogen-bond donors (Lipinski definition) is 3. The highest BCUT2D eigenvalue weighted by molar-refractivity contribution is 5.99. The molecular weight excluding hydrogens is 448 g/mol. The monoisotopic (exact) mass is 478 g/mol. The molecule has 0 heterocycles. The zero-order valence-electron chi connectivity index (χ0n) is 20.5. The quantitative estimate of drug-likeness (QED) is 0.319. The molecule has 0 aliphatic heterocycles. The summed E-state index contributed by atoms with van der Waals surface area (Å²) in [5.74, 6) is -1.18. The minimum atomic E-state index is -0.774. The third-order valence-corrected chi connectivity index (χ3v) is 5.71. The van der Waals surface area contributed by atoms with E-state index in [-0.39, 0.29) is 40.2 Å². The molecule has 35 heavy (non-hydrogen) atoms. The third kappa shape index (κ3) is 5.34. The number of phenols is 1. The molecule has 0 radical (unpaired) electrons. The summed E-state index contributed by atoms with van der Waals surface area (Å²) in [7, 11) is 4.79. The predicted molar refractivity (Wildman–Crippen MR) is 136 cm³/mol. The Balaban J connectivity index is 1.84. The first-order chi connectivity index (χ1) is 16.5. The molecule has 9 nitrogen and oxygen atoms in total. The molecule has 2 amide bonds. The van der Waals surface area contributed by atoms with E-state index < -0.39 is 22.8 Å². The van der Waals surface area contributed by atoms with E-state index in [1.54, 1.807) is 32.1 Å². The highest BCUT2D eigenvalue weighted by Gasteiger charge is 2.31. The van der Waals surface area contributed by atoms with E-state index in [9.17, 15) is 24.3 Å². The van der Waals surface area contributed by atoms with Crippen molar-refractivity contribution in [3.63, 3.8) is 0 Å². The van der Waals surface area contributed by atoms with Crippen molar-refractivity contribution in [3.8, 4) is 5.75 Å². The van der Waals surface area contributed by atoms with Crippen LogP contribution in [0.5, 0.6) is 5.75 Å². The lowest BCUT2D eigenvalue weighted by Crippen LogP contribution is -2.47. The van der Waals surface area contributed by atoms with Crippen LogP contribution in [0.3, 0.4) is 0 Å².